The van der Waals surface area contributed by atoms with Crippen LogP contribution in [0, 0.1) is 0 Å². The fourth-order valence-corrected chi connectivity index (χ4v) is 3.68. The minimum atomic E-state index is -2.65. The molecule has 1 aliphatic carbocycles. The summed E-state index contributed by atoms with van der Waals surface area (Å²) in [5.41, 5.74) is 2.57. The minimum absolute atomic E-state index is 0.0333. The van der Waals surface area contributed by atoms with Crippen molar-refractivity contribution in [2.24, 2.45) is 0 Å². The summed E-state index contributed by atoms with van der Waals surface area (Å²) >= 11 is 5.70. The third-order valence-corrected chi connectivity index (χ3v) is 5.34. The third-order valence-electron chi connectivity index (χ3n) is 5.15. The van der Waals surface area contributed by atoms with Gasteiger partial charge in [0.15, 0.2) is 0 Å². The smallest absolute Gasteiger partial charge is 0.258 e. The number of nitrogens with one attached hydrogen (secondary N) is 1. The molecule has 6 nitrogen and oxygen atoms in total. The fourth-order valence-electron chi connectivity index (χ4n) is 3.58. The van der Waals surface area contributed by atoms with Crippen LogP contribution >= 0.6 is 11.6 Å². The summed E-state index contributed by atoms with van der Waals surface area (Å²) in [6.07, 6.45) is 6.08. The Balaban J connectivity index is 1.73. The monoisotopic (exact) mass is 429 g/mol. The third kappa shape index (κ3) is 4.43. The molecule has 0 unspecified atom stereocenters. The molecule has 1 saturated carbocycles. The normalized spacial score (nSPS) is 16.2. The molecule has 1 N–H and O–H groups in total. The van der Waals surface area contributed by atoms with Crippen LogP contribution in [0.5, 0.6) is 0 Å². The van der Waals surface area contributed by atoms with E-state index in [4.69, 9.17) is 11.6 Å². The van der Waals surface area contributed by atoms with Crippen molar-refractivity contribution in [3.05, 3.63) is 65.6 Å². The first-order valence-corrected chi connectivity index (χ1v) is 9.88. The predicted molar refractivity (Wildman–Crippen MR) is 109 cm³/mol. The molecular weight excluding hydrogens is 412 g/mol. The van der Waals surface area contributed by atoms with Crippen LogP contribution in [0.25, 0.3) is 11.3 Å². The van der Waals surface area contributed by atoms with Crippen LogP contribution in [0.2, 0.25) is 5.28 Å². The molecular formula is C21H18ClF2N5O. The molecule has 3 heterocycles. The number of amides is 1. The van der Waals surface area contributed by atoms with Crippen LogP contribution in [0.1, 0.15) is 47.7 Å². The predicted octanol–water partition coefficient (Wildman–Crippen LogP) is 5.13. The summed E-state index contributed by atoms with van der Waals surface area (Å²) in [5, 5.41) is 2.91. The Morgan fingerprint density at radius 1 is 1.03 bits per heavy atom. The van der Waals surface area contributed by atoms with Crippen molar-refractivity contribution in [3.8, 4) is 11.3 Å². The first kappa shape index (κ1) is 20.3. The maximum Gasteiger partial charge on any atom is 0.258 e. The number of carbonyl (C=O) groups is 1. The number of anilines is 1. The lowest BCUT2D eigenvalue weighted by molar-refractivity contribution is -0.0384. The van der Waals surface area contributed by atoms with Gasteiger partial charge in [-0.1, -0.05) is 6.07 Å². The number of rotatable bonds is 4. The molecule has 0 radical (unpaired) electrons. The Morgan fingerprint density at radius 3 is 2.43 bits per heavy atom. The Kier molecular flexibility index (Phi) is 5.67. The summed E-state index contributed by atoms with van der Waals surface area (Å²) in [4.78, 5) is 29.3. The van der Waals surface area contributed by atoms with Crippen LogP contribution in [-0.4, -0.2) is 31.8 Å². The number of aromatic nitrogens is 4. The van der Waals surface area contributed by atoms with Crippen molar-refractivity contribution >= 4 is 23.2 Å². The molecule has 3 aromatic heterocycles. The van der Waals surface area contributed by atoms with Crippen molar-refractivity contribution < 1.29 is 13.6 Å². The average molecular weight is 430 g/mol. The fraction of sp³-hybridized carbons (Fsp3) is 0.286. The molecule has 30 heavy (non-hydrogen) atoms. The summed E-state index contributed by atoms with van der Waals surface area (Å²) in [6.45, 7) is 0. The molecule has 0 saturated heterocycles. The molecule has 0 aromatic carbocycles. The zero-order chi connectivity index (χ0) is 21.1. The van der Waals surface area contributed by atoms with Crippen molar-refractivity contribution in [2.45, 2.75) is 37.5 Å². The lowest BCUT2D eigenvalue weighted by Gasteiger charge is -2.29. The van der Waals surface area contributed by atoms with Gasteiger partial charge in [0.1, 0.15) is 0 Å². The number of hydrogen-bond donors (Lipinski definition) is 1. The highest BCUT2D eigenvalue weighted by atomic mass is 35.5. The molecule has 0 bridgehead atoms. The molecule has 154 valence electrons. The van der Waals surface area contributed by atoms with E-state index in [0.717, 1.165) is 0 Å². The lowest BCUT2D eigenvalue weighted by Crippen LogP contribution is -2.25. The summed E-state index contributed by atoms with van der Waals surface area (Å²) < 4.78 is 27.4. The highest BCUT2D eigenvalue weighted by Crippen LogP contribution is 2.44. The van der Waals surface area contributed by atoms with E-state index in [0.29, 0.717) is 35.5 Å². The van der Waals surface area contributed by atoms with E-state index in [9.17, 15) is 13.6 Å². The maximum atomic E-state index is 13.7. The van der Waals surface area contributed by atoms with Gasteiger partial charge < -0.3 is 5.32 Å². The molecule has 4 rings (SSSR count). The minimum Gasteiger partial charge on any atom is -0.320 e. The Bertz CT molecular complexity index is 1040. The second-order valence-corrected chi connectivity index (χ2v) is 7.50. The van der Waals surface area contributed by atoms with Gasteiger partial charge in [0.2, 0.25) is 11.2 Å². The Labute approximate surface area is 176 Å². The molecule has 0 aliphatic heterocycles. The van der Waals surface area contributed by atoms with Gasteiger partial charge in [-0.05, 0) is 42.6 Å². The Hall–Kier alpha value is -3.00. The lowest BCUT2D eigenvalue weighted by atomic mass is 9.83. The Morgan fingerprint density at radius 2 is 1.77 bits per heavy atom. The number of hydrogen-bond acceptors (Lipinski definition) is 5. The van der Waals surface area contributed by atoms with Crippen LogP contribution in [0.4, 0.5) is 14.5 Å². The number of pyridine rings is 2. The van der Waals surface area contributed by atoms with E-state index < -0.39 is 11.8 Å². The molecule has 3 aromatic rings. The first-order valence-electron chi connectivity index (χ1n) is 9.50. The molecule has 0 atom stereocenters. The standard InChI is InChI=1S/C21H18ClF2N5O/c22-20-27-11-14(12-28-20)19(30)29-18-15(16-3-1-2-9-25-16)6-10-26-17(18)13-4-7-21(23,24)8-5-13/h1-3,6,9-13H,4-5,7-8H2,(H,29,30). The second-order valence-electron chi connectivity index (χ2n) is 7.16. The molecule has 1 aliphatic rings. The van der Waals surface area contributed by atoms with Gasteiger partial charge in [0, 0.05) is 49.1 Å². The van der Waals surface area contributed by atoms with E-state index in [1.165, 1.54) is 12.4 Å². The van der Waals surface area contributed by atoms with Crippen LogP contribution in [0.3, 0.4) is 0 Å². The van der Waals surface area contributed by atoms with E-state index in [-0.39, 0.29) is 29.6 Å². The van der Waals surface area contributed by atoms with Crippen LogP contribution < -0.4 is 5.32 Å². The highest BCUT2D eigenvalue weighted by molar-refractivity contribution is 6.28. The van der Waals surface area contributed by atoms with Gasteiger partial charge >= 0.3 is 0 Å². The van der Waals surface area contributed by atoms with Crippen LogP contribution in [-0.2, 0) is 0 Å². The van der Waals surface area contributed by atoms with Crippen molar-refractivity contribution in [3.63, 3.8) is 0 Å². The van der Waals surface area contributed by atoms with Crippen molar-refractivity contribution in [1.82, 2.24) is 19.9 Å². The van der Waals surface area contributed by atoms with Gasteiger partial charge in [-0.2, -0.15) is 0 Å². The van der Waals surface area contributed by atoms with E-state index in [1.807, 2.05) is 12.1 Å². The van der Waals surface area contributed by atoms with Crippen molar-refractivity contribution in [1.29, 1.82) is 0 Å². The van der Waals surface area contributed by atoms with Gasteiger partial charge in [-0.15, -0.1) is 0 Å². The quantitative estimate of drug-likeness (QED) is 0.581. The van der Waals surface area contributed by atoms with Gasteiger partial charge in [0.05, 0.1) is 22.6 Å². The zero-order valence-corrected chi connectivity index (χ0v) is 16.6. The SMILES string of the molecule is O=C(Nc1c(-c2ccccn2)ccnc1C1CCC(F)(F)CC1)c1cnc(Cl)nc1. The number of carbonyl (C=O) groups excluding carboxylic acids is 1. The first-order chi connectivity index (χ1) is 14.4. The van der Waals surface area contributed by atoms with Gasteiger partial charge in [0.25, 0.3) is 5.91 Å². The van der Waals surface area contributed by atoms with E-state index >= 15 is 0 Å². The van der Waals surface area contributed by atoms with Gasteiger partial charge in [-0.3, -0.25) is 14.8 Å². The number of alkyl halides is 2. The second kappa shape index (κ2) is 8.39. The summed E-state index contributed by atoms with van der Waals surface area (Å²) in [6, 6.07) is 7.19. The maximum absolute atomic E-state index is 13.7. The molecule has 1 fully saturated rings. The summed E-state index contributed by atoms with van der Waals surface area (Å²) in [7, 11) is 0. The molecule has 0 spiro atoms. The average Bonchev–Trinajstić information content (AvgIpc) is 2.75. The van der Waals surface area contributed by atoms with Gasteiger partial charge in [-0.25, -0.2) is 18.7 Å². The largest absolute Gasteiger partial charge is 0.320 e. The van der Waals surface area contributed by atoms with E-state index in [2.05, 4.69) is 25.3 Å². The topological polar surface area (TPSA) is 80.7 Å². The van der Waals surface area contributed by atoms with Crippen LogP contribution in [0.15, 0.2) is 49.1 Å². The molecule has 1 amide bonds. The molecule has 9 heteroatoms. The number of nitrogens with zero attached hydrogens (tertiary/aromatic N) is 4. The number of halogens is 3. The van der Waals surface area contributed by atoms with E-state index in [1.54, 1.807) is 24.5 Å². The highest BCUT2D eigenvalue weighted by Gasteiger charge is 2.37. The summed E-state index contributed by atoms with van der Waals surface area (Å²) in [5.74, 6) is -3.29. The van der Waals surface area contributed by atoms with Crippen molar-refractivity contribution in [2.75, 3.05) is 5.32 Å². The zero-order valence-electron chi connectivity index (χ0n) is 15.9.